The summed E-state index contributed by atoms with van der Waals surface area (Å²) in [4.78, 5) is 23.0. The molecule has 0 aliphatic carbocycles. The molecule has 0 saturated heterocycles. The standard InChI is InChI=1S/C27H35ClN8O4S/c1-7-25(37)31-21-14-22(24(40-5)15-23(21)36(4)13-12-29-17(2)3)33-27-30-16-18(28)26(34-27)32-19-10-8-9-11-20(19)35-41(6,38)39/h7-11,14-17,29,35H,1,12-13H2,2-6H3,(H,31,37)(H2,30,32,33,34). The molecular weight excluding hydrogens is 568 g/mol. The number of ether oxygens (including phenoxy) is 1. The normalized spacial score (nSPS) is 11.1. The van der Waals surface area contributed by atoms with Crippen molar-refractivity contribution in [2.45, 2.75) is 19.9 Å². The molecule has 1 heterocycles. The number of methoxy groups -OCH3 is 1. The van der Waals surface area contributed by atoms with E-state index in [1.54, 1.807) is 36.4 Å². The van der Waals surface area contributed by atoms with Crippen molar-refractivity contribution < 1.29 is 17.9 Å². The van der Waals surface area contributed by atoms with Gasteiger partial charge in [-0.15, -0.1) is 0 Å². The van der Waals surface area contributed by atoms with Crippen LogP contribution in [0.15, 0.2) is 55.3 Å². The summed E-state index contributed by atoms with van der Waals surface area (Å²) >= 11 is 6.36. The molecule has 220 valence electrons. The smallest absolute Gasteiger partial charge is 0.247 e. The highest BCUT2D eigenvalue weighted by Gasteiger charge is 2.17. The van der Waals surface area contributed by atoms with Crippen LogP contribution in [-0.4, -0.2) is 63.8 Å². The summed E-state index contributed by atoms with van der Waals surface area (Å²) in [6.07, 6.45) is 3.66. The lowest BCUT2D eigenvalue weighted by Gasteiger charge is -2.25. The summed E-state index contributed by atoms with van der Waals surface area (Å²) < 4.78 is 31.7. The Hall–Kier alpha value is -4.07. The van der Waals surface area contributed by atoms with Crippen molar-refractivity contribution >= 4 is 67.7 Å². The molecule has 0 unspecified atom stereocenters. The number of aromatic nitrogens is 2. The zero-order valence-corrected chi connectivity index (χ0v) is 25.2. The number of carbonyl (C=O) groups excluding carboxylic acids is 1. The first-order chi connectivity index (χ1) is 19.4. The van der Waals surface area contributed by atoms with Crippen LogP contribution in [0.25, 0.3) is 0 Å². The van der Waals surface area contributed by atoms with Crippen LogP contribution in [0.1, 0.15) is 13.8 Å². The lowest BCUT2D eigenvalue weighted by atomic mass is 10.2. The number of nitrogens with zero attached hydrogens (tertiary/aromatic N) is 3. The largest absolute Gasteiger partial charge is 0.494 e. The first-order valence-electron chi connectivity index (χ1n) is 12.6. The molecule has 5 N–H and O–H groups in total. The minimum atomic E-state index is -3.52. The van der Waals surface area contributed by atoms with Gasteiger partial charge in [0.05, 0.1) is 48.0 Å². The molecule has 1 aromatic heterocycles. The molecule has 0 aliphatic rings. The maximum absolute atomic E-state index is 12.3. The van der Waals surface area contributed by atoms with Crippen LogP contribution in [0.5, 0.6) is 5.75 Å². The Morgan fingerprint density at radius 1 is 1.15 bits per heavy atom. The molecule has 0 atom stereocenters. The van der Waals surface area contributed by atoms with Gasteiger partial charge in [0.15, 0.2) is 5.82 Å². The number of nitrogens with one attached hydrogen (secondary N) is 5. The summed E-state index contributed by atoms with van der Waals surface area (Å²) in [7, 11) is -0.0609. The molecule has 0 saturated carbocycles. The van der Waals surface area contributed by atoms with E-state index in [-0.39, 0.29) is 22.7 Å². The number of para-hydroxylation sites is 2. The molecular formula is C27H35ClN8O4S. The number of halogens is 1. The molecule has 0 radical (unpaired) electrons. The number of hydrogen-bond donors (Lipinski definition) is 5. The monoisotopic (exact) mass is 602 g/mol. The maximum Gasteiger partial charge on any atom is 0.247 e. The Balaban J connectivity index is 1.95. The number of hydrogen-bond acceptors (Lipinski definition) is 10. The van der Waals surface area contributed by atoms with Crippen LogP contribution in [0.3, 0.4) is 0 Å². The van der Waals surface area contributed by atoms with Gasteiger partial charge < -0.3 is 30.9 Å². The number of carbonyl (C=O) groups is 1. The lowest BCUT2D eigenvalue weighted by molar-refractivity contribution is -0.111. The van der Waals surface area contributed by atoms with Gasteiger partial charge in [0.2, 0.25) is 21.9 Å². The summed E-state index contributed by atoms with van der Waals surface area (Å²) in [5.41, 5.74) is 2.51. The quantitative estimate of drug-likeness (QED) is 0.166. The molecule has 0 spiro atoms. The van der Waals surface area contributed by atoms with Crippen molar-refractivity contribution in [2.75, 3.05) is 59.1 Å². The third-order valence-electron chi connectivity index (χ3n) is 5.64. The number of amides is 1. The van der Waals surface area contributed by atoms with E-state index in [1.807, 2.05) is 11.9 Å². The van der Waals surface area contributed by atoms with Gasteiger partial charge in [-0.2, -0.15) is 4.98 Å². The fourth-order valence-corrected chi connectivity index (χ4v) is 4.44. The number of benzene rings is 2. The third-order valence-corrected chi connectivity index (χ3v) is 6.51. The zero-order valence-electron chi connectivity index (χ0n) is 23.6. The molecule has 41 heavy (non-hydrogen) atoms. The van der Waals surface area contributed by atoms with Gasteiger partial charge in [0.25, 0.3) is 0 Å². The van der Waals surface area contributed by atoms with Gasteiger partial charge in [-0.25, -0.2) is 13.4 Å². The summed E-state index contributed by atoms with van der Waals surface area (Å²) in [5.74, 6) is 0.523. The highest BCUT2D eigenvalue weighted by molar-refractivity contribution is 7.92. The number of anilines is 7. The molecule has 1 amide bonds. The Bertz CT molecular complexity index is 1500. The van der Waals surface area contributed by atoms with Crippen molar-refractivity contribution in [1.29, 1.82) is 0 Å². The fourth-order valence-electron chi connectivity index (χ4n) is 3.72. The fraction of sp³-hybridized carbons (Fsp3) is 0.296. The second kappa shape index (κ2) is 14.0. The summed E-state index contributed by atoms with van der Waals surface area (Å²) in [5, 5.41) is 12.6. The van der Waals surface area contributed by atoms with Crippen LogP contribution >= 0.6 is 11.6 Å². The highest BCUT2D eigenvalue weighted by atomic mass is 35.5. The Morgan fingerprint density at radius 3 is 2.49 bits per heavy atom. The summed E-state index contributed by atoms with van der Waals surface area (Å²) in [6, 6.07) is 10.6. The van der Waals surface area contributed by atoms with E-state index in [9.17, 15) is 13.2 Å². The highest BCUT2D eigenvalue weighted by Crippen LogP contribution is 2.38. The zero-order chi connectivity index (χ0) is 30.2. The topological polar surface area (TPSA) is 150 Å². The minimum absolute atomic E-state index is 0.173. The third kappa shape index (κ3) is 9.23. The second-order valence-electron chi connectivity index (χ2n) is 9.35. The maximum atomic E-state index is 12.3. The second-order valence-corrected chi connectivity index (χ2v) is 11.5. The van der Waals surface area contributed by atoms with Gasteiger partial charge in [-0.3, -0.25) is 9.52 Å². The first kappa shape index (κ1) is 31.5. The van der Waals surface area contributed by atoms with E-state index in [4.69, 9.17) is 16.3 Å². The first-order valence-corrected chi connectivity index (χ1v) is 14.9. The molecule has 0 aliphatic heterocycles. The van der Waals surface area contributed by atoms with Crippen LogP contribution in [0.2, 0.25) is 5.02 Å². The Morgan fingerprint density at radius 2 is 1.85 bits per heavy atom. The van der Waals surface area contributed by atoms with Gasteiger partial charge in [-0.05, 0) is 24.3 Å². The van der Waals surface area contributed by atoms with E-state index in [1.165, 1.54) is 19.4 Å². The van der Waals surface area contributed by atoms with Crippen molar-refractivity contribution in [3.05, 3.63) is 60.3 Å². The minimum Gasteiger partial charge on any atom is -0.494 e. The molecule has 2 aromatic carbocycles. The van der Waals surface area contributed by atoms with Gasteiger partial charge in [-0.1, -0.05) is 44.2 Å². The lowest BCUT2D eigenvalue weighted by Crippen LogP contribution is -2.33. The van der Waals surface area contributed by atoms with Crippen LogP contribution in [-0.2, 0) is 14.8 Å². The summed E-state index contributed by atoms with van der Waals surface area (Å²) in [6.45, 7) is 9.11. The SMILES string of the molecule is C=CC(=O)Nc1cc(Nc2ncc(Cl)c(Nc3ccccc3NS(C)(=O)=O)n2)c(OC)cc1N(C)CCNC(C)C. The Kier molecular flexibility index (Phi) is 10.8. The van der Waals surface area contributed by atoms with Crippen LogP contribution in [0, 0.1) is 0 Å². The van der Waals surface area contributed by atoms with E-state index < -0.39 is 10.0 Å². The van der Waals surface area contributed by atoms with Gasteiger partial charge in [0, 0.05) is 32.2 Å². The average molecular weight is 603 g/mol. The van der Waals surface area contributed by atoms with E-state index in [0.29, 0.717) is 41.1 Å². The molecule has 12 nitrogen and oxygen atoms in total. The van der Waals surface area contributed by atoms with Gasteiger partial charge in [0.1, 0.15) is 10.8 Å². The van der Waals surface area contributed by atoms with E-state index >= 15 is 0 Å². The molecule has 3 rings (SSSR count). The predicted molar refractivity (Wildman–Crippen MR) is 167 cm³/mol. The van der Waals surface area contributed by atoms with Crippen molar-refractivity contribution in [2.24, 2.45) is 0 Å². The average Bonchev–Trinajstić information content (AvgIpc) is 2.90. The number of likely N-dealkylation sites (N-methyl/N-ethyl adjacent to an activating group) is 1. The van der Waals surface area contributed by atoms with E-state index in [2.05, 4.69) is 56.4 Å². The molecule has 3 aromatic rings. The Labute approximate surface area is 245 Å². The predicted octanol–water partition coefficient (Wildman–Crippen LogP) is 4.56. The molecule has 14 heteroatoms. The number of sulfonamides is 1. The van der Waals surface area contributed by atoms with Crippen molar-refractivity contribution in [1.82, 2.24) is 15.3 Å². The number of rotatable bonds is 14. The molecule has 0 bridgehead atoms. The van der Waals surface area contributed by atoms with E-state index in [0.717, 1.165) is 18.5 Å². The molecule has 0 fully saturated rings. The van der Waals surface area contributed by atoms with Crippen molar-refractivity contribution in [3.8, 4) is 5.75 Å². The van der Waals surface area contributed by atoms with Crippen LogP contribution in [0.4, 0.5) is 40.2 Å². The van der Waals surface area contributed by atoms with Crippen LogP contribution < -0.4 is 35.6 Å². The van der Waals surface area contributed by atoms with Gasteiger partial charge >= 0.3 is 0 Å². The van der Waals surface area contributed by atoms with Crippen molar-refractivity contribution in [3.63, 3.8) is 0 Å².